The molecule has 0 aliphatic carbocycles. The van der Waals surface area contributed by atoms with Crippen LogP contribution in [0.25, 0.3) is 0 Å². The van der Waals surface area contributed by atoms with E-state index in [1.165, 1.54) is 11.8 Å². The molecule has 1 N–H and O–H groups in total. The summed E-state index contributed by atoms with van der Waals surface area (Å²) in [5, 5.41) is 3.12. The van der Waals surface area contributed by atoms with Crippen molar-refractivity contribution in [3.63, 3.8) is 0 Å². The lowest BCUT2D eigenvalue weighted by atomic mass is 10.2. The number of halogens is 1. The molecule has 4 rings (SSSR count). The third-order valence-corrected chi connectivity index (χ3v) is 6.56. The highest BCUT2D eigenvalue weighted by Crippen LogP contribution is 2.32. The van der Waals surface area contributed by atoms with Crippen molar-refractivity contribution >= 4 is 51.7 Å². The van der Waals surface area contributed by atoms with Crippen molar-refractivity contribution in [1.82, 2.24) is 4.90 Å². The number of nitrogens with zero attached hydrogens (tertiary/aromatic N) is 2. The van der Waals surface area contributed by atoms with Gasteiger partial charge in [0.2, 0.25) is 11.8 Å². The van der Waals surface area contributed by atoms with E-state index in [9.17, 15) is 9.59 Å². The van der Waals surface area contributed by atoms with Gasteiger partial charge in [-0.3, -0.25) is 14.5 Å². The molecule has 0 radical (unpaired) electrons. The van der Waals surface area contributed by atoms with Gasteiger partial charge in [0.05, 0.1) is 30.1 Å². The van der Waals surface area contributed by atoms with E-state index < -0.39 is 5.25 Å². The molecule has 1 unspecified atom stereocenters. The number of rotatable bonds is 6. The van der Waals surface area contributed by atoms with Crippen LogP contribution in [0.2, 0.25) is 5.02 Å². The SMILES string of the molecule is COc1ccc(N=C2SC(C(=O)Nc3ccccc3Cl)CC(=O)N2Cc2ccccc2)cc1. The molecule has 1 atom stereocenters. The fraction of sp³-hybridized carbons (Fsp3) is 0.160. The molecule has 0 spiro atoms. The van der Waals surface area contributed by atoms with E-state index in [2.05, 4.69) is 5.32 Å². The Bertz CT molecular complexity index is 1170. The maximum atomic E-state index is 13.1. The summed E-state index contributed by atoms with van der Waals surface area (Å²) in [6.45, 7) is 0.376. The number of anilines is 1. The van der Waals surface area contributed by atoms with E-state index in [1.807, 2.05) is 42.5 Å². The number of thioether (sulfide) groups is 1. The predicted octanol–water partition coefficient (Wildman–Crippen LogP) is 5.51. The van der Waals surface area contributed by atoms with Gasteiger partial charge in [-0.1, -0.05) is 65.8 Å². The molecule has 33 heavy (non-hydrogen) atoms. The molecule has 1 aliphatic rings. The van der Waals surface area contributed by atoms with Gasteiger partial charge in [0.1, 0.15) is 11.0 Å². The van der Waals surface area contributed by atoms with Gasteiger partial charge in [-0.15, -0.1) is 0 Å². The number of amides is 2. The minimum absolute atomic E-state index is 0.0649. The fourth-order valence-corrected chi connectivity index (χ4v) is 4.59. The molecule has 0 saturated carbocycles. The molecule has 8 heteroatoms. The quantitative estimate of drug-likeness (QED) is 0.506. The van der Waals surface area contributed by atoms with Crippen molar-refractivity contribution in [2.24, 2.45) is 4.99 Å². The van der Waals surface area contributed by atoms with Crippen LogP contribution < -0.4 is 10.1 Å². The van der Waals surface area contributed by atoms with Crippen molar-refractivity contribution < 1.29 is 14.3 Å². The lowest BCUT2D eigenvalue weighted by Crippen LogP contribution is -2.44. The van der Waals surface area contributed by atoms with Gasteiger partial charge < -0.3 is 10.1 Å². The van der Waals surface area contributed by atoms with E-state index in [4.69, 9.17) is 21.3 Å². The Labute approximate surface area is 201 Å². The first-order valence-electron chi connectivity index (χ1n) is 10.3. The van der Waals surface area contributed by atoms with Crippen LogP contribution in [0.5, 0.6) is 5.75 Å². The Balaban J connectivity index is 1.60. The fourth-order valence-electron chi connectivity index (χ4n) is 3.31. The standard InChI is InChI=1S/C25H22ClN3O3S/c1-32-19-13-11-18(12-14-19)27-25-29(16-17-7-3-2-4-8-17)23(30)15-22(33-25)24(31)28-21-10-6-5-9-20(21)26/h2-14,22H,15-16H2,1H3,(H,28,31). The van der Waals surface area contributed by atoms with Crippen molar-refractivity contribution in [3.05, 3.63) is 89.4 Å². The number of ether oxygens (including phenoxy) is 1. The number of amidine groups is 1. The number of methoxy groups -OCH3 is 1. The summed E-state index contributed by atoms with van der Waals surface area (Å²) in [6, 6.07) is 23.9. The normalized spacial score (nSPS) is 17.2. The molecule has 1 aliphatic heterocycles. The van der Waals surface area contributed by atoms with Crippen molar-refractivity contribution in [2.45, 2.75) is 18.2 Å². The summed E-state index contributed by atoms with van der Waals surface area (Å²) < 4.78 is 5.21. The van der Waals surface area contributed by atoms with E-state index in [0.717, 1.165) is 5.56 Å². The van der Waals surface area contributed by atoms with Gasteiger partial charge >= 0.3 is 0 Å². The zero-order chi connectivity index (χ0) is 23.2. The van der Waals surface area contributed by atoms with Crippen molar-refractivity contribution in [2.75, 3.05) is 12.4 Å². The van der Waals surface area contributed by atoms with Crippen LogP contribution >= 0.6 is 23.4 Å². The second-order valence-electron chi connectivity index (χ2n) is 7.34. The number of carbonyl (C=O) groups is 2. The van der Waals surface area contributed by atoms with Gasteiger partial charge in [-0.2, -0.15) is 0 Å². The Morgan fingerprint density at radius 2 is 1.79 bits per heavy atom. The molecule has 0 bridgehead atoms. The molecular weight excluding hydrogens is 458 g/mol. The number of hydrogen-bond acceptors (Lipinski definition) is 5. The molecule has 0 aromatic heterocycles. The van der Waals surface area contributed by atoms with Crippen LogP contribution in [0, 0.1) is 0 Å². The molecule has 2 amide bonds. The minimum atomic E-state index is -0.627. The first-order valence-corrected chi connectivity index (χ1v) is 11.6. The first kappa shape index (κ1) is 22.9. The summed E-state index contributed by atoms with van der Waals surface area (Å²) in [7, 11) is 1.60. The largest absolute Gasteiger partial charge is 0.497 e. The molecule has 1 saturated heterocycles. The molecule has 1 heterocycles. The number of hydrogen-bond donors (Lipinski definition) is 1. The number of nitrogens with one attached hydrogen (secondary N) is 1. The number of aliphatic imine (C=N–C) groups is 1. The maximum Gasteiger partial charge on any atom is 0.238 e. The highest BCUT2D eigenvalue weighted by molar-refractivity contribution is 8.15. The third-order valence-electron chi connectivity index (χ3n) is 5.04. The van der Waals surface area contributed by atoms with E-state index >= 15 is 0 Å². The van der Waals surface area contributed by atoms with Crippen molar-refractivity contribution in [3.8, 4) is 5.75 Å². The van der Waals surface area contributed by atoms with Crippen LogP contribution in [0.1, 0.15) is 12.0 Å². The van der Waals surface area contributed by atoms with E-state index in [0.29, 0.717) is 33.9 Å². The molecule has 3 aromatic carbocycles. The highest BCUT2D eigenvalue weighted by atomic mass is 35.5. The zero-order valence-electron chi connectivity index (χ0n) is 17.9. The molecule has 1 fully saturated rings. The van der Waals surface area contributed by atoms with E-state index in [1.54, 1.807) is 48.4 Å². The lowest BCUT2D eigenvalue weighted by molar-refractivity contribution is -0.129. The summed E-state index contributed by atoms with van der Waals surface area (Å²) in [4.78, 5) is 32.4. The second-order valence-corrected chi connectivity index (χ2v) is 8.91. The average Bonchev–Trinajstić information content (AvgIpc) is 2.83. The van der Waals surface area contributed by atoms with Gasteiger partial charge in [0.25, 0.3) is 0 Å². The van der Waals surface area contributed by atoms with E-state index in [-0.39, 0.29) is 18.2 Å². The average molecular weight is 480 g/mol. The maximum absolute atomic E-state index is 13.1. The topological polar surface area (TPSA) is 71.0 Å². The van der Waals surface area contributed by atoms with Crippen LogP contribution in [-0.4, -0.2) is 34.2 Å². The molecule has 3 aromatic rings. The van der Waals surface area contributed by atoms with Gasteiger partial charge in [-0.25, -0.2) is 4.99 Å². The van der Waals surface area contributed by atoms with Crippen LogP contribution in [-0.2, 0) is 16.1 Å². The Morgan fingerprint density at radius 1 is 1.09 bits per heavy atom. The molecule has 6 nitrogen and oxygen atoms in total. The Hall–Kier alpha value is -3.29. The van der Waals surface area contributed by atoms with Crippen molar-refractivity contribution in [1.29, 1.82) is 0 Å². The van der Waals surface area contributed by atoms with Gasteiger partial charge in [-0.05, 0) is 42.0 Å². The summed E-state index contributed by atoms with van der Waals surface area (Å²) in [5.41, 5.74) is 2.15. The third kappa shape index (κ3) is 5.74. The molecular formula is C25H22ClN3O3S. The van der Waals surface area contributed by atoms with Gasteiger partial charge in [0.15, 0.2) is 5.17 Å². The summed E-state index contributed by atoms with van der Waals surface area (Å²) in [6.07, 6.45) is 0.0649. The van der Waals surface area contributed by atoms with Crippen LogP contribution in [0.4, 0.5) is 11.4 Å². The lowest BCUT2D eigenvalue weighted by Gasteiger charge is -2.32. The van der Waals surface area contributed by atoms with Gasteiger partial charge in [0, 0.05) is 6.42 Å². The van der Waals surface area contributed by atoms with Crippen LogP contribution in [0.15, 0.2) is 83.9 Å². The summed E-state index contributed by atoms with van der Waals surface area (Å²) >= 11 is 7.45. The predicted molar refractivity (Wildman–Crippen MR) is 133 cm³/mol. The smallest absolute Gasteiger partial charge is 0.238 e. The number of para-hydroxylation sites is 1. The Kier molecular flexibility index (Phi) is 7.32. The molecule has 168 valence electrons. The Morgan fingerprint density at radius 3 is 2.48 bits per heavy atom. The second kappa shape index (κ2) is 10.6. The van der Waals surface area contributed by atoms with Crippen LogP contribution in [0.3, 0.4) is 0 Å². The zero-order valence-corrected chi connectivity index (χ0v) is 19.5. The monoisotopic (exact) mass is 479 g/mol. The minimum Gasteiger partial charge on any atom is -0.497 e. The highest BCUT2D eigenvalue weighted by Gasteiger charge is 2.36. The first-order chi connectivity index (χ1) is 16.0. The summed E-state index contributed by atoms with van der Waals surface area (Å²) in [5.74, 6) is 0.261. The number of carbonyl (C=O) groups excluding carboxylic acids is 2. The number of benzene rings is 3.